The Morgan fingerprint density at radius 1 is 0.500 bits per heavy atom. The fourth-order valence-corrected chi connectivity index (χ4v) is 8.62. The quantitative estimate of drug-likeness (QED) is 0.166. The van der Waals surface area contributed by atoms with E-state index in [1.807, 2.05) is 12.3 Å². The molecular formula is C58H53N3O. The standard InChI is InChI=1S/C58H53N3O/c1-8-38-34-47(27-28-48(38)41-23-16-11-17-24-41)61-53-26-18-25-49(54(53)60-56(61)50-36-46(57(2,3)4)37-51(55(50)62)58(5,6)7)44-31-43(40-21-14-10-15-22-40)32-45(33-44)52-35-42(29-30-59-52)39-19-12-9-13-20-39/h9-37,62H,8H2,1-7H3. The summed E-state index contributed by atoms with van der Waals surface area (Å²) in [6.07, 6.45) is 2.76. The van der Waals surface area contributed by atoms with E-state index in [-0.39, 0.29) is 16.6 Å². The first-order chi connectivity index (χ1) is 29.9. The number of imidazole rings is 1. The van der Waals surface area contributed by atoms with Gasteiger partial charge < -0.3 is 5.11 Å². The summed E-state index contributed by atoms with van der Waals surface area (Å²) in [4.78, 5) is 10.6. The van der Waals surface area contributed by atoms with Gasteiger partial charge in [0.15, 0.2) is 0 Å². The summed E-state index contributed by atoms with van der Waals surface area (Å²) >= 11 is 0. The first-order valence-corrected chi connectivity index (χ1v) is 21.7. The fraction of sp³-hybridized carbons (Fsp3) is 0.172. The summed E-state index contributed by atoms with van der Waals surface area (Å²) in [6.45, 7) is 15.4. The van der Waals surface area contributed by atoms with E-state index in [1.54, 1.807) is 0 Å². The Morgan fingerprint density at radius 2 is 1.13 bits per heavy atom. The average molecular weight is 808 g/mol. The summed E-state index contributed by atoms with van der Waals surface area (Å²) in [5.41, 5.74) is 17.2. The zero-order chi connectivity index (χ0) is 43.2. The maximum atomic E-state index is 12.4. The van der Waals surface area contributed by atoms with Gasteiger partial charge in [-0.15, -0.1) is 0 Å². The van der Waals surface area contributed by atoms with Crippen molar-refractivity contribution in [3.05, 3.63) is 193 Å². The second kappa shape index (κ2) is 16.1. The van der Waals surface area contributed by atoms with Gasteiger partial charge in [0.25, 0.3) is 0 Å². The Hall–Kier alpha value is -7.04. The van der Waals surface area contributed by atoms with Crippen molar-refractivity contribution >= 4 is 11.0 Å². The molecule has 0 unspecified atom stereocenters. The molecule has 0 aliphatic carbocycles. The number of nitrogens with zero attached hydrogens (tertiary/aromatic N) is 3. The smallest absolute Gasteiger partial charge is 0.149 e. The van der Waals surface area contributed by atoms with Crippen molar-refractivity contribution in [2.24, 2.45) is 0 Å². The lowest BCUT2D eigenvalue weighted by Crippen LogP contribution is -2.17. The maximum Gasteiger partial charge on any atom is 0.149 e. The molecule has 7 aromatic carbocycles. The molecule has 0 bridgehead atoms. The summed E-state index contributed by atoms with van der Waals surface area (Å²) < 4.78 is 2.26. The average Bonchev–Trinajstić information content (AvgIpc) is 3.68. The van der Waals surface area contributed by atoms with Crippen LogP contribution in [-0.2, 0) is 17.3 Å². The second-order valence-electron chi connectivity index (χ2n) is 18.4. The predicted octanol–water partition coefficient (Wildman–Crippen LogP) is 15.3. The Balaban J connectivity index is 1.32. The molecule has 1 N–H and O–H groups in total. The molecule has 0 saturated carbocycles. The fourth-order valence-electron chi connectivity index (χ4n) is 8.62. The Labute approximate surface area is 366 Å². The van der Waals surface area contributed by atoms with Crippen molar-refractivity contribution < 1.29 is 5.11 Å². The van der Waals surface area contributed by atoms with Gasteiger partial charge in [-0.05, 0) is 122 Å². The van der Waals surface area contributed by atoms with Crippen molar-refractivity contribution in [1.82, 2.24) is 14.5 Å². The van der Waals surface area contributed by atoms with Crippen LogP contribution in [0.1, 0.15) is 65.2 Å². The van der Waals surface area contributed by atoms with Crippen molar-refractivity contribution in [1.29, 1.82) is 0 Å². The number of aromatic hydroxyl groups is 1. The van der Waals surface area contributed by atoms with E-state index >= 15 is 0 Å². The van der Waals surface area contributed by atoms with Gasteiger partial charge in [0.2, 0.25) is 0 Å². The minimum Gasteiger partial charge on any atom is -0.507 e. The van der Waals surface area contributed by atoms with Crippen LogP contribution in [0.2, 0.25) is 0 Å². The highest BCUT2D eigenvalue weighted by atomic mass is 16.3. The normalized spacial score (nSPS) is 11.9. The van der Waals surface area contributed by atoms with E-state index in [0.717, 1.165) is 84.5 Å². The van der Waals surface area contributed by atoms with Crippen LogP contribution in [0, 0.1) is 0 Å². The lowest BCUT2D eigenvalue weighted by molar-refractivity contribution is 0.446. The molecule has 0 amide bonds. The number of rotatable bonds is 8. The van der Waals surface area contributed by atoms with E-state index in [4.69, 9.17) is 9.97 Å². The minimum absolute atomic E-state index is 0.169. The van der Waals surface area contributed by atoms with E-state index in [0.29, 0.717) is 5.82 Å². The van der Waals surface area contributed by atoms with E-state index in [9.17, 15) is 5.11 Å². The largest absolute Gasteiger partial charge is 0.507 e. The summed E-state index contributed by atoms with van der Waals surface area (Å²) in [7, 11) is 0. The summed E-state index contributed by atoms with van der Waals surface area (Å²) in [6, 6.07) is 60.2. The predicted molar refractivity (Wildman–Crippen MR) is 260 cm³/mol. The molecule has 0 fully saturated rings. The number of hydrogen-bond acceptors (Lipinski definition) is 3. The van der Waals surface area contributed by atoms with Gasteiger partial charge in [-0.2, -0.15) is 0 Å². The van der Waals surface area contributed by atoms with Gasteiger partial charge in [-0.3, -0.25) is 9.55 Å². The zero-order valence-electron chi connectivity index (χ0n) is 36.7. The number of fused-ring (bicyclic) bond motifs is 1. The van der Waals surface area contributed by atoms with Gasteiger partial charge in [-0.25, -0.2) is 4.98 Å². The Bertz CT molecular complexity index is 3060. The number of pyridine rings is 1. The third-order valence-electron chi connectivity index (χ3n) is 12.0. The Kier molecular flexibility index (Phi) is 10.5. The Morgan fingerprint density at radius 3 is 1.77 bits per heavy atom. The molecule has 9 aromatic rings. The van der Waals surface area contributed by atoms with Crippen LogP contribution in [0.3, 0.4) is 0 Å². The number of hydrogen-bond donors (Lipinski definition) is 1. The van der Waals surface area contributed by atoms with Gasteiger partial charge >= 0.3 is 0 Å². The number of phenolic OH excluding ortho intramolecular Hbond substituents is 1. The number of benzene rings is 7. The first-order valence-electron chi connectivity index (χ1n) is 21.7. The van der Waals surface area contributed by atoms with Crippen LogP contribution in [0.5, 0.6) is 5.75 Å². The number of aryl methyl sites for hydroxylation is 1. The van der Waals surface area contributed by atoms with Gasteiger partial charge in [0.05, 0.1) is 22.3 Å². The molecule has 9 rings (SSSR count). The molecule has 2 aromatic heterocycles. The second-order valence-corrected chi connectivity index (χ2v) is 18.4. The topological polar surface area (TPSA) is 50.9 Å². The molecule has 0 saturated heterocycles. The van der Waals surface area contributed by atoms with Crippen molar-refractivity contribution in [3.8, 4) is 78.6 Å². The van der Waals surface area contributed by atoms with Crippen LogP contribution in [0.15, 0.2) is 176 Å². The van der Waals surface area contributed by atoms with Gasteiger partial charge in [0.1, 0.15) is 11.6 Å². The van der Waals surface area contributed by atoms with Crippen LogP contribution in [-0.4, -0.2) is 19.6 Å². The summed E-state index contributed by atoms with van der Waals surface area (Å²) in [5, 5.41) is 12.4. The van der Waals surface area contributed by atoms with Crippen LogP contribution < -0.4 is 0 Å². The molecule has 2 heterocycles. The zero-order valence-corrected chi connectivity index (χ0v) is 36.7. The van der Waals surface area contributed by atoms with E-state index in [2.05, 4.69) is 217 Å². The molecule has 0 atom stereocenters. The molecule has 62 heavy (non-hydrogen) atoms. The molecular weight excluding hydrogens is 755 g/mol. The van der Waals surface area contributed by atoms with E-state index < -0.39 is 0 Å². The van der Waals surface area contributed by atoms with Crippen LogP contribution in [0.4, 0.5) is 0 Å². The summed E-state index contributed by atoms with van der Waals surface area (Å²) in [5.74, 6) is 0.964. The molecule has 0 aliphatic rings. The molecule has 4 heteroatoms. The highest BCUT2D eigenvalue weighted by molar-refractivity contribution is 5.98. The minimum atomic E-state index is -0.311. The monoisotopic (exact) mass is 807 g/mol. The third-order valence-corrected chi connectivity index (χ3v) is 12.0. The molecule has 0 spiro atoms. The van der Waals surface area contributed by atoms with Crippen molar-refractivity contribution in [2.75, 3.05) is 0 Å². The molecule has 0 radical (unpaired) electrons. The lowest BCUT2D eigenvalue weighted by Gasteiger charge is -2.27. The molecule has 306 valence electrons. The van der Waals surface area contributed by atoms with Crippen molar-refractivity contribution in [2.45, 2.75) is 65.7 Å². The van der Waals surface area contributed by atoms with Crippen LogP contribution in [0.25, 0.3) is 83.9 Å². The van der Waals surface area contributed by atoms with Gasteiger partial charge in [-0.1, -0.05) is 164 Å². The first kappa shape index (κ1) is 40.4. The van der Waals surface area contributed by atoms with Gasteiger partial charge in [0, 0.05) is 28.6 Å². The molecule has 4 nitrogen and oxygen atoms in total. The van der Waals surface area contributed by atoms with E-state index in [1.165, 1.54) is 16.7 Å². The number of aromatic nitrogens is 3. The highest BCUT2D eigenvalue weighted by Crippen LogP contribution is 2.45. The SMILES string of the molecule is CCc1cc(-n2c(-c3cc(C(C)(C)C)cc(C(C)(C)C)c3O)nc3c(-c4cc(-c5ccccc5)cc(-c5cc(-c6ccccc6)ccn5)c4)cccc32)ccc1-c1ccccc1. The van der Waals surface area contributed by atoms with Crippen LogP contribution >= 0.6 is 0 Å². The lowest BCUT2D eigenvalue weighted by atomic mass is 9.79. The number of phenols is 1. The van der Waals surface area contributed by atoms with Crippen molar-refractivity contribution in [3.63, 3.8) is 0 Å². The highest BCUT2D eigenvalue weighted by Gasteiger charge is 2.29. The third kappa shape index (κ3) is 7.74. The maximum absolute atomic E-state index is 12.4. The molecule has 0 aliphatic heterocycles. The number of para-hydroxylation sites is 1.